The summed E-state index contributed by atoms with van der Waals surface area (Å²) < 4.78 is 98.0. The molecule has 0 aromatic rings. The Bertz CT molecular complexity index is 287. The zero-order valence-electron chi connectivity index (χ0n) is 6.48. The summed E-state index contributed by atoms with van der Waals surface area (Å²) in [6, 6.07) is 0. The zero-order valence-corrected chi connectivity index (χ0v) is 10.4. The fraction of sp³-hybridized carbons (Fsp3) is 1.00. The van der Waals surface area contributed by atoms with Crippen LogP contribution in [0.1, 0.15) is 0 Å². The van der Waals surface area contributed by atoms with Crippen molar-refractivity contribution in [3.05, 3.63) is 0 Å². The fourth-order valence-corrected chi connectivity index (χ4v) is 0.716. The molecule has 11 heteroatoms. The molecule has 0 rings (SSSR count). The van der Waals surface area contributed by atoms with E-state index in [4.69, 9.17) is 0 Å². The molecular formula is C3HF6KO3S. The Morgan fingerprint density at radius 2 is 1.36 bits per heavy atom. The van der Waals surface area contributed by atoms with E-state index >= 15 is 0 Å². The van der Waals surface area contributed by atoms with Crippen LogP contribution in [0.25, 0.3) is 0 Å². The van der Waals surface area contributed by atoms with E-state index in [0.717, 1.165) is 0 Å². The molecule has 0 atom stereocenters. The molecule has 0 aliphatic heterocycles. The molecular weight excluding hydrogens is 269 g/mol. The van der Waals surface area contributed by atoms with Crippen LogP contribution in [0.2, 0.25) is 0 Å². The van der Waals surface area contributed by atoms with Crippen LogP contribution >= 0.6 is 0 Å². The molecule has 0 amide bonds. The van der Waals surface area contributed by atoms with Crippen LogP contribution in [0.4, 0.5) is 26.3 Å². The second-order valence-corrected chi connectivity index (χ2v) is 3.32. The molecule has 0 aliphatic rings. The molecule has 0 spiro atoms. The minimum atomic E-state index is -6.82. The van der Waals surface area contributed by atoms with Crippen molar-refractivity contribution in [2.75, 3.05) is 0 Å². The van der Waals surface area contributed by atoms with Gasteiger partial charge in [-0.1, -0.05) is 0 Å². The van der Waals surface area contributed by atoms with Crippen molar-refractivity contribution in [3.8, 4) is 0 Å². The van der Waals surface area contributed by atoms with Crippen LogP contribution in [0.3, 0.4) is 0 Å². The first-order valence-corrected chi connectivity index (χ1v) is 3.84. The van der Waals surface area contributed by atoms with Gasteiger partial charge in [-0.3, -0.25) is 0 Å². The van der Waals surface area contributed by atoms with Gasteiger partial charge in [-0.25, -0.2) is 17.2 Å². The Morgan fingerprint density at radius 1 is 1.07 bits per heavy atom. The van der Waals surface area contributed by atoms with E-state index in [1.165, 1.54) is 0 Å². The largest absolute Gasteiger partial charge is 1.00 e. The molecule has 0 bridgehead atoms. The first-order valence-electron chi connectivity index (χ1n) is 2.44. The second-order valence-electron chi connectivity index (χ2n) is 1.89. The van der Waals surface area contributed by atoms with E-state index in [0.29, 0.717) is 0 Å². The van der Waals surface area contributed by atoms with Crippen LogP contribution < -0.4 is 51.4 Å². The van der Waals surface area contributed by atoms with Crippen LogP contribution in [0.5, 0.6) is 0 Å². The summed E-state index contributed by atoms with van der Waals surface area (Å²) in [4.78, 5) is 0. The average molecular weight is 270 g/mol. The minimum absolute atomic E-state index is 0. The summed E-state index contributed by atoms with van der Waals surface area (Å²) in [5.41, 5.74) is 0. The molecule has 80 valence electrons. The van der Waals surface area contributed by atoms with E-state index in [9.17, 15) is 39.3 Å². The van der Waals surface area contributed by atoms with Gasteiger partial charge in [0.25, 0.3) is 0 Å². The van der Waals surface area contributed by atoms with Gasteiger partial charge in [-0.15, -0.1) is 0 Å². The Labute approximate surface area is 117 Å². The molecule has 0 fully saturated rings. The van der Waals surface area contributed by atoms with Crippen LogP contribution in [-0.2, 0) is 10.1 Å². The maximum atomic E-state index is 11.8. The van der Waals surface area contributed by atoms with Crippen LogP contribution in [0.15, 0.2) is 0 Å². The molecule has 0 heterocycles. The van der Waals surface area contributed by atoms with Crippen molar-refractivity contribution in [2.45, 2.75) is 17.6 Å². The molecule has 0 saturated heterocycles. The van der Waals surface area contributed by atoms with Crippen molar-refractivity contribution in [1.29, 1.82) is 0 Å². The van der Waals surface area contributed by atoms with Gasteiger partial charge >= 0.3 is 69.0 Å². The van der Waals surface area contributed by atoms with Crippen molar-refractivity contribution in [3.63, 3.8) is 0 Å². The summed E-state index contributed by atoms with van der Waals surface area (Å²) in [5.74, 6) is -6.19. The van der Waals surface area contributed by atoms with Crippen LogP contribution in [-0.4, -0.2) is 30.6 Å². The normalized spacial score (nSPS) is 14.0. The van der Waals surface area contributed by atoms with Gasteiger partial charge in [0.2, 0.25) is 0 Å². The monoisotopic (exact) mass is 270 g/mol. The third-order valence-corrected chi connectivity index (χ3v) is 1.88. The molecule has 0 aliphatic carbocycles. The van der Waals surface area contributed by atoms with Crippen LogP contribution in [0, 0.1) is 0 Å². The van der Waals surface area contributed by atoms with E-state index in [1.54, 1.807) is 0 Å². The Kier molecular flexibility index (Phi) is 6.22. The van der Waals surface area contributed by atoms with Gasteiger partial charge in [0.1, 0.15) is 0 Å². The maximum Gasteiger partial charge on any atom is 1.00 e. The summed E-state index contributed by atoms with van der Waals surface area (Å²) in [5, 5.41) is -6.31. The van der Waals surface area contributed by atoms with Gasteiger partial charge in [0.05, 0.1) is 0 Å². The minimum Gasteiger partial charge on any atom is -0.743 e. The Morgan fingerprint density at radius 3 is 1.43 bits per heavy atom. The summed E-state index contributed by atoms with van der Waals surface area (Å²) >= 11 is 0. The van der Waals surface area contributed by atoms with E-state index in [2.05, 4.69) is 0 Å². The topological polar surface area (TPSA) is 57.2 Å². The average Bonchev–Trinajstić information content (AvgIpc) is 1.84. The predicted octanol–water partition coefficient (Wildman–Crippen LogP) is -1.97. The molecule has 14 heavy (non-hydrogen) atoms. The van der Waals surface area contributed by atoms with E-state index in [1.807, 2.05) is 0 Å². The maximum absolute atomic E-state index is 11.8. The third-order valence-electron chi connectivity index (χ3n) is 0.976. The zero-order chi connectivity index (χ0) is 11.1. The van der Waals surface area contributed by atoms with E-state index in [-0.39, 0.29) is 51.4 Å². The second kappa shape index (κ2) is 4.97. The van der Waals surface area contributed by atoms with Gasteiger partial charge in [0, 0.05) is 0 Å². The molecule has 0 aromatic heterocycles. The molecule has 0 N–H and O–H groups in total. The number of rotatable bonds is 3. The van der Waals surface area contributed by atoms with Gasteiger partial charge in [-0.2, -0.15) is 17.6 Å². The molecule has 3 nitrogen and oxygen atoms in total. The number of hydrogen-bond donors (Lipinski definition) is 0. The molecule has 0 saturated carbocycles. The van der Waals surface area contributed by atoms with Gasteiger partial charge < -0.3 is 4.55 Å². The molecule has 0 aromatic carbocycles. The smallest absolute Gasteiger partial charge is 0.743 e. The summed E-state index contributed by atoms with van der Waals surface area (Å²) in [6.45, 7) is 0. The predicted molar refractivity (Wildman–Crippen MR) is 25.6 cm³/mol. The first kappa shape index (κ1) is 17.5. The van der Waals surface area contributed by atoms with Crippen molar-refractivity contribution in [1.82, 2.24) is 0 Å². The fourth-order valence-electron chi connectivity index (χ4n) is 0.294. The van der Waals surface area contributed by atoms with E-state index < -0.39 is 27.7 Å². The van der Waals surface area contributed by atoms with Crippen molar-refractivity contribution < 1.29 is 90.7 Å². The number of alkyl halides is 6. The molecule has 0 unspecified atom stereocenters. The molecule has 0 radical (unpaired) electrons. The third kappa shape index (κ3) is 3.06. The Hall–Kier alpha value is 1.13. The van der Waals surface area contributed by atoms with Crippen molar-refractivity contribution >= 4 is 10.1 Å². The first-order chi connectivity index (χ1) is 5.44. The van der Waals surface area contributed by atoms with Gasteiger partial charge in [-0.05, 0) is 0 Å². The number of hydrogen-bond acceptors (Lipinski definition) is 3. The summed E-state index contributed by atoms with van der Waals surface area (Å²) in [7, 11) is -6.82. The number of halogens is 6. The standard InChI is InChI=1S/C3H2F6O3S.K/c4-1(5)2(6,7)3(8,9)13(10,11)12;/h1H,(H,10,11,12);/q;+1/p-1. The Balaban J connectivity index is 0. The quantitative estimate of drug-likeness (QED) is 0.339. The van der Waals surface area contributed by atoms with Gasteiger partial charge in [0.15, 0.2) is 10.1 Å². The SMILES string of the molecule is O=S(=O)([O-])C(F)(F)C(F)(F)C(F)F.[K+]. The van der Waals surface area contributed by atoms with Crippen molar-refractivity contribution in [2.24, 2.45) is 0 Å². The summed E-state index contributed by atoms with van der Waals surface area (Å²) in [6.07, 6.45) is -4.94.